The minimum Gasteiger partial charge on any atom is -0.497 e. The average molecular weight is 363 g/mol. The van der Waals surface area contributed by atoms with Crippen molar-refractivity contribution in [3.63, 3.8) is 0 Å². The van der Waals surface area contributed by atoms with E-state index in [2.05, 4.69) is 5.32 Å². The third-order valence-corrected chi connectivity index (χ3v) is 3.53. The Labute approximate surface area is 153 Å². The molecule has 0 aromatic heterocycles. The lowest BCUT2D eigenvalue weighted by Gasteiger charge is -2.24. The summed E-state index contributed by atoms with van der Waals surface area (Å²) in [6.45, 7) is 7.32. The number of carbonyl (C=O) groups is 2. The number of hydrogen-bond donors (Lipinski definition) is 1. The van der Waals surface area contributed by atoms with Crippen LogP contribution in [0.2, 0.25) is 0 Å². The zero-order valence-corrected chi connectivity index (χ0v) is 15.8. The average Bonchev–Trinajstić information content (AvgIpc) is 2.92. The summed E-state index contributed by atoms with van der Waals surface area (Å²) in [4.78, 5) is 24.7. The standard InChI is InChI=1S/C19H25NO6/c1-6-24-17-15(14(21)11-25-17)16(20-18(22)26-19(2,3)4)12-7-9-13(23-5)10-8-12/h7-10,16H,6,11H2,1-5H3,(H,20,22)/t16-/m0/s1. The monoisotopic (exact) mass is 363 g/mol. The highest BCUT2D eigenvalue weighted by Crippen LogP contribution is 2.31. The number of hydrogen-bond acceptors (Lipinski definition) is 6. The number of rotatable bonds is 6. The van der Waals surface area contributed by atoms with E-state index in [1.807, 2.05) is 0 Å². The summed E-state index contributed by atoms with van der Waals surface area (Å²) >= 11 is 0. The van der Waals surface area contributed by atoms with Gasteiger partial charge in [-0.3, -0.25) is 4.79 Å². The highest BCUT2D eigenvalue weighted by Gasteiger charge is 2.36. The van der Waals surface area contributed by atoms with E-state index in [-0.39, 0.29) is 23.9 Å². The van der Waals surface area contributed by atoms with Crippen LogP contribution in [-0.2, 0) is 19.0 Å². The number of benzene rings is 1. The van der Waals surface area contributed by atoms with Crippen molar-refractivity contribution in [2.24, 2.45) is 0 Å². The van der Waals surface area contributed by atoms with E-state index in [0.29, 0.717) is 17.9 Å². The van der Waals surface area contributed by atoms with E-state index >= 15 is 0 Å². The Morgan fingerprint density at radius 3 is 2.46 bits per heavy atom. The molecule has 0 spiro atoms. The van der Waals surface area contributed by atoms with Gasteiger partial charge in [0.1, 0.15) is 16.9 Å². The number of Topliss-reactive ketones (excluding diaryl/α,β-unsaturated/α-hetero) is 1. The Morgan fingerprint density at radius 1 is 1.27 bits per heavy atom. The molecule has 0 saturated heterocycles. The summed E-state index contributed by atoms with van der Waals surface area (Å²) in [5.41, 5.74) is 0.285. The lowest BCUT2D eigenvalue weighted by molar-refractivity contribution is -0.117. The number of carbonyl (C=O) groups excluding carboxylic acids is 2. The first-order chi connectivity index (χ1) is 12.2. The largest absolute Gasteiger partial charge is 0.497 e. The molecule has 0 saturated carbocycles. The predicted octanol–water partition coefficient (Wildman–Crippen LogP) is 3.11. The summed E-state index contributed by atoms with van der Waals surface area (Å²) in [5, 5.41) is 2.75. The number of nitrogens with one attached hydrogen (secondary N) is 1. The number of alkyl carbamates (subject to hydrolysis) is 1. The second-order valence-corrected chi connectivity index (χ2v) is 6.70. The zero-order chi connectivity index (χ0) is 19.3. The van der Waals surface area contributed by atoms with Crippen molar-refractivity contribution < 1.29 is 28.5 Å². The van der Waals surface area contributed by atoms with Crippen LogP contribution in [0.1, 0.15) is 39.3 Å². The first kappa shape index (κ1) is 19.6. The molecule has 1 aliphatic rings. The molecule has 0 fully saturated rings. The first-order valence-electron chi connectivity index (χ1n) is 8.41. The molecule has 1 aliphatic heterocycles. The molecule has 1 atom stereocenters. The molecule has 2 rings (SSSR count). The molecule has 1 amide bonds. The minimum atomic E-state index is -0.757. The fourth-order valence-electron chi connectivity index (χ4n) is 2.47. The van der Waals surface area contributed by atoms with E-state index in [1.54, 1.807) is 59.1 Å². The predicted molar refractivity (Wildman–Crippen MR) is 94.7 cm³/mol. The maximum absolute atomic E-state index is 12.4. The van der Waals surface area contributed by atoms with Crippen LogP contribution in [0.25, 0.3) is 0 Å². The lowest BCUT2D eigenvalue weighted by Crippen LogP contribution is -2.36. The van der Waals surface area contributed by atoms with Gasteiger partial charge >= 0.3 is 6.09 Å². The van der Waals surface area contributed by atoms with E-state index < -0.39 is 17.7 Å². The van der Waals surface area contributed by atoms with Crippen molar-refractivity contribution in [1.82, 2.24) is 5.32 Å². The van der Waals surface area contributed by atoms with Gasteiger partial charge in [0.15, 0.2) is 6.61 Å². The normalized spacial score (nSPS) is 15.3. The van der Waals surface area contributed by atoms with Gasteiger partial charge in [0.05, 0.1) is 19.8 Å². The van der Waals surface area contributed by atoms with E-state index in [4.69, 9.17) is 18.9 Å². The maximum atomic E-state index is 12.4. The number of amides is 1. The molecule has 1 heterocycles. The van der Waals surface area contributed by atoms with Crippen LogP contribution in [0.15, 0.2) is 35.8 Å². The van der Waals surface area contributed by atoms with Crippen molar-refractivity contribution in [2.45, 2.75) is 39.3 Å². The topological polar surface area (TPSA) is 83.1 Å². The molecule has 26 heavy (non-hydrogen) atoms. The van der Waals surface area contributed by atoms with Crippen LogP contribution < -0.4 is 10.1 Å². The third-order valence-electron chi connectivity index (χ3n) is 3.53. The van der Waals surface area contributed by atoms with E-state index in [0.717, 1.165) is 0 Å². The van der Waals surface area contributed by atoms with Gasteiger partial charge in [0.25, 0.3) is 5.95 Å². The third kappa shape index (κ3) is 4.91. The molecule has 0 aliphatic carbocycles. The van der Waals surface area contributed by atoms with Gasteiger partial charge in [-0.2, -0.15) is 0 Å². The van der Waals surface area contributed by atoms with Crippen molar-refractivity contribution in [1.29, 1.82) is 0 Å². The Kier molecular flexibility index (Phi) is 6.13. The fourth-order valence-corrected chi connectivity index (χ4v) is 2.47. The Hall–Kier alpha value is -2.70. The molecule has 0 bridgehead atoms. The maximum Gasteiger partial charge on any atom is 0.408 e. The SMILES string of the molecule is CCOC1=C([C@@H](NC(=O)OC(C)(C)C)c2ccc(OC)cc2)C(=O)CO1. The molecule has 1 aromatic carbocycles. The van der Waals surface area contributed by atoms with Crippen molar-refractivity contribution >= 4 is 11.9 Å². The molecule has 142 valence electrons. The van der Waals surface area contributed by atoms with Gasteiger partial charge in [-0.1, -0.05) is 12.1 Å². The second-order valence-electron chi connectivity index (χ2n) is 6.70. The molecular formula is C19H25NO6. The Balaban J connectivity index is 2.39. The number of ketones is 1. The van der Waals surface area contributed by atoms with Crippen molar-refractivity contribution in [3.05, 3.63) is 41.3 Å². The quantitative estimate of drug-likeness (QED) is 0.836. The first-order valence-corrected chi connectivity index (χ1v) is 8.41. The van der Waals surface area contributed by atoms with E-state index in [1.165, 1.54) is 0 Å². The van der Waals surface area contributed by atoms with Gasteiger partial charge in [0, 0.05) is 0 Å². The molecule has 1 N–H and O–H groups in total. The zero-order valence-electron chi connectivity index (χ0n) is 15.8. The van der Waals surface area contributed by atoms with Crippen LogP contribution in [-0.4, -0.2) is 37.8 Å². The van der Waals surface area contributed by atoms with Gasteiger partial charge in [-0.05, 0) is 45.4 Å². The Morgan fingerprint density at radius 2 is 1.92 bits per heavy atom. The van der Waals surface area contributed by atoms with Crippen LogP contribution >= 0.6 is 0 Å². The molecule has 0 unspecified atom stereocenters. The molecule has 1 aromatic rings. The second kappa shape index (κ2) is 8.12. The highest BCUT2D eigenvalue weighted by molar-refractivity contribution is 6.00. The van der Waals surface area contributed by atoms with Crippen molar-refractivity contribution in [3.8, 4) is 5.75 Å². The minimum absolute atomic E-state index is 0.118. The Bertz CT molecular complexity index is 687. The number of ether oxygens (including phenoxy) is 4. The summed E-state index contributed by atoms with van der Waals surface area (Å²) in [5.74, 6) is 0.553. The van der Waals surface area contributed by atoms with Crippen LogP contribution in [0.3, 0.4) is 0 Å². The summed E-state index contributed by atoms with van der Waals surface area (Å²) in [7, 11) is 1.56. The van der Waals surface area contributed by atoms with Gasteiger partial charge < -0.3 is 24.3 Å². The fraction of sp³-hybridized carbons (Fsp3) is 0.474. The van der Waals surface area contributed by atoms with Crippen LogP contribution in [0.5, 0.6) is 5.75 Å². The summed E-state index contributed by atoms with van der Waals surface area (Å²) in [6.07, 6.45) is -0.638. The van der Waals surface area contributed by atoms with Gasteiger partial charge in [0.2, 0.25) is 5.78 Å². The summed E-state index contributed by atoms with van der Waals surface area (Å²) < 4.78 is 21.3. The highest BCUT2D eigenvalue weighted by atomic mass is 16.7. The van der Waals surface area contributed by atoms with Crippen LogP contribution in [0.4, 0.5) is 4.79 Å². The van der Waals surface area contributed by atoms with Crippen LogP contribution in [0, 0.1) is 0 Å². The van der Waals surface area contributed by atoms with Gasteiger partial charge in [-0.25, -0.2) is 4.79 Å². The lowest BCUT2D eigenvalue weighted by atomic mass is 9.97. The number of methoxy groups -OCH3 is 1. The summed E-state index contributed by atoms with van der Waals surface area (Å²) in [6, 6.07) is 6.28. The molecule has 0 radical (unpaired) electrons. The molecule has 7 nitrogen and oxygen atoms in total. The van der Waals surface area contributed by atoms with Gasteiger partial charge in [-0.15, -0.1) is 0 Å². The molecular weight excluding hydrogens is 338 g/mol. The van der Waals surface area contributed by atoms with Crippen molar-refractivity contribution in [2.75, 3.05) is 20.3 Å². The van der Waals surface area contributed by atoms with E-state index in [9.17, 15) is 9.59 Å². The smallest absolute Gasteiger partial charge is 0.408 e. The molecule has 7 heteroatoms.